The molecule has 2 rings (SSSR count). The normalized spacial score (nSPS) is 11.9. The minimum atomic E-state index is 0.727. The lowest BCUT2D eigenvalue weighted by molar-refractivity contribution is 0.200. The fourth-order valence-corrected chi connectivity index (χ4v) is 2.36. The van der Waals surface area contributed by atoms with Gasteiger partial charge >= 0.3 is 0 Å². The summed E-state index contributed by atoms with van der Waals surface area (Å²) in [5.41, 5.74) is 2.40. The summed E-state index contributed by atoms with van der Waals surface area (Å²) < 4.78 is 10.5. The van der Waals surface area contributed by atoms with Crippen LogP contribution >= 0.6 is 0 Å². The molecular weight excluding hydrogens is 262 g/mol. The minimum absolute atomic E-state index is 0.727. The molecule has 0 aromatic heterocycles. The van der Waals surface area contributed by atoms with Gasteiger partial charge < -0.3 is 14.8 Å². The summed E-state index contributed by atoms with van der Waals surface area (Å²) >= 11 is 0. The molecule has 0 bridgehead atoms. The number of ether oxygens (including phenoxy) is 2. The first-order valence-electron chi connectivity index (χ1n) is 7.19. The van der Waals surface area contributed by atoms with Crippen LogP contribution in [0.4, 0.5) is 0 Å². The van der Waals surface area contributed by atoms with E-state index in [1.54, 1.807) is 14.2 Å². The van der Waals surface area contributed by atoms with Gasteiger partial charge in [0.2, 0.25) is 0 Å². The average Bonchev–Trinajstić information content (AvgIpc) is 2.52. The Labute approximate surface area is 126 Å². The van der Waals surface area contributed by atoms with E-state index in [-0.39, 0.29) is 0 Å². The summed E-state index contributed by atoms with van der Waals surface area (Å²) in [5, 5.41) is 5.80. The van der Waals surface area contributed by atoms with Crippen molar-refractivity contribution in [1.29, 1.82) is 0 Å². The Morgan fingerprint density at radius 3 is 2.71 bits per heavy atom. The highest BCUT2D eigenvalue weighted by Crippen LogP contribution is 2.29. The van der Waals surface area contributed by atoms with Gasteiger partial charge in [-0.2, -0.15) is 0 Å². The summed E-state index contributed by atoms with van der Waals surface area (Å²) in [6.45, 7) is 4.55. The molecule has 1 N–H and O–H groups in total. The molecule has 0 atom stereocenters. The number of fused-ring (bicyclic) bond motifs is 1. The summed E-state index contributed by atoms with van der Waals surface area (Å²) in [5.74, 6) is 0.907. The fourth-order valence-electron chi connectivity index (χ4n) is 2.36. The van der Waals surface area contributed by atoms with Gasteiger partial charge in [0, 0.05) is 25.8 Å². The van der Waals surface area contributed by atoms with Gasteiger partial charge in [-0.1, -0.05) is 42.0 Å². The van der Waals surface area contributed by atoms with Gasteiger partial charge in [-0.3, -0.25) is 0 Å². The van der Waals surface area contributed by atoms with Crippen LogP contribution in [0, 0.1) is 0 Å². The van der Waals surface area contributed by atoms with Crippen LogP contribution in [0.5, 0.6) is 5.75 Å². The first-order chi connectivity index (χ1) is 10.3. The Hall–Kier alpha value is -1.84. The monoisotopic (exact) mass is 285 g/mol. The van der Waals surface area contributed by atoms with Gasteiger partial charge in [0.1, 0.15) is 5.75 Å². The molecule has 21 heavy (non-hydrogen) atoms. The molecule has 2 aromatic carbocycles. The lowest BCUT2D eigenvalue weighted by Gasteiger charge is -2.11. The van der Waals surface area contributed by atoms with Crippen LogP contribution < -0.4 is 10.1 Å². The molecule has 0 aliphatic heterocycles. The molecule has 0 saturated carbocycles. The lowest BCUT2D eigenvalue weighted by Crippen LogP contribution is -2.20. The first-order valence-corrected chi connectivity index (χ1v) is 7.19. The zero-order valence-electron chi connectivity index (χ0n) is 13.0. The van der Waals surface area contributed by atoms with Crippen molar-refractivity contribution in [3.63, 3.8) is 0 Å². The third kappa shape index (κ3) is 4.06. The fraction of sp³-hybridized carbons (Fsp3) is 0.333. The second-order valence-corrected chi connectivity index (χ2v) is 5.06. The molecule has 0 amide bonds. The molecule has 0 spiro atoms. The molecule has 0 fully saturated rings. The number of rotatable bonds is 7. The predicted octanol–water partition coefficient (Wildman–Crippen LogP) is 3.49. The number of hydrogen-bond acceptors (Lipinski definition) is 3. The van der Waals surface area contributed by atoms with E-state index >= 15 is 0 Å². The maximum Gasteiger partial charge on any atom is 0.126 e. The molecular formula is C18H23NO2. The molecule has 3 heteroatoms. The minimum Gasteiger partial charge on any atom is -0.496 e. The van der Waals surface area contributed by atoms with Crippen LogP contribution in [0.1, 0.15) is 12.5 Å². The lowest BCUT2D eigenvalue weighted by atomic mass is 10.0. The number of hydrogen-bond donors (Lipinski definition) is 1. The van der Waals surface area contributed by atoms with E-state index in [1.807, 2.05) is 6.07 Å². The van der Waals surface area contributed by atoms with E-state index in [0.29, 0.717) is 0 Å². The van der Waals surface area contributed by atoms with E-state index in [9.17, 15) is 0 Å². The van der Waals surface area contributed by atoms with E-state index in [1.165, 1.54) is 16.3 Å². The average molecular weight is 285 g/mol. The highest BCUT2D eigenvalue weighted by atomic mass is 16.5. The van der Waals surface area contributed by atoms with Crippen LogP contribution in [-0.4, -0.2) is 33.9 Å². The summed E-state index contributed by atoms with van der Waals surface area (Å²) in [4.78, 5) is 0. The molecule has 0 radical (unpaired) electrons. The van der Waals surface area contributed by atoms with E-state index in [0.717, 1.165) is 31.0 Å². The van der Waals surface area contributed by atoms with Gasteiger partial charge in [0.05, 0.1) is 13.7 Å². The molecule has 112 valence electrons. The molecule has 0 aliphatic rings. The Morgan fingerprint density at radius 2 is 1.95 bits per heavy atom. The topological polar surface area (TPSA) is 30.5 Å². The predicted molar refractivity (Wildman–Crippen MR) is 88.9 cm³/mol. The van der Waals surface area contributed by atoms with E-state index < -0.39 is 0 Å². The highest BCUT2D eigenvalue weighted by Gasteiger charge is 2.06. The molecule has 0 saturated heterocycles. The van der Waals surface area contributed by atoms with E-state index in [2.05, 4.69) is 48.6 Å². The summed E-state index contributed by atoms with van der Waals surface area (Å²) in [7, 11) is 3.43. The molecule has 3 nitrogen and oxygen atoms in total. The molecule has 2 aromatic rings. The van der Waals surface area contributed by atoms with Crippen LogP contribution in [0.25, 0.3) is 16.8 Å². The van der Waals surface area contributed by atoms with Crippen LogP contribution in [0.3, 0.4) is 0 Å². The van der Waals surface area contributed by atoms with Crippen LogP contribution in [0.15, 0.2) is 42.0 Å². The quantitative estimate of drug-likeness (QED) is 0.790. The maximum absolute atomic E-state index is 5.51. The Kier molecular flexibility index (Phi) is 5.78. The summed E-state index contributed by atoms with van der Waals surface area (Å²) in [6.07, 6.45) is 2.20. The van der Waals surface area contributed by atoms with Gasteiger partial charge in [-0.15, -0.1) is 0 Å². The summed E-state index contributed by atoms with van der Waals surface area (Å²) in [6, 6.07) is 12.5. The Morgan fingerprint density at radius 1 is 1.14 bits per heavy atom. The van der Waals surface area contributed by atoms with Gasteiger partial charge in [0.15, 0.2) is 0 Å². The molecule has 0 unspecified atom stereocenters. The zero-order valence-corrected chi connectivity index (χ0v) is 13.0. The number of nitrogens with one attached hydrogen (secondary N) is 1. The first kappa shape index (κ1) is 15.5. The van der Waals surface area contributed by atoms with Crippen molar-refractivity contribution >= 4 is 16.8 Å². The van der Waals surface area contributed by atoms with Gasteiger partial charge in [0.25, 0.3) is 0 Å². The SMILES string of the molecule is COCCNCC(C)=Cc1c(OC)ccc2ccccc12. The third-order valence-electron chi connectivity index (χ3n) is 3.43. The van der Waals surface area contributed by atoms with Gasteiger partial charge in [-0.25, -0.2) is 0 Å². The van der Waals surface area contributed by atoms with Crippen LogP contribution in [-0.2, 0) is 4.74 Å². The van der Waals surface area contributed by atoms with Crippen molar-refractivity contribution in [2.24, 2.45) is 0 Å². The zero-order chi connectivity index (χ0) is 15.1. The van der Waals surface area contributed by atoms with Crippen molar-refractivity contribution in [1.82, 2.24) is 5.32 Å². The Bertz CT molecular complexity index is 620. The molecule has 0 heterocycles. The van der Waals surface area contributed by atoms with Crippen molar-refractivity contribution < 1.29 is 9.47 Å². The van der Waals surface area contributed by atoms with Crippen molar-refractivity contribution in [3.05, 3.63) is 47.5 Å². The maximum atomic E-state index is 5.51. The highest BCUT2D eigenvalue weighted by molar-refractivity contribution is 5.93. The third-order valence-corrected chi connectivity index (χ3v) is 3.43. The van der Waals surface area contributed by atoms with Crippen molar-refractivity contribution in [3.8, 4) is 5.75 Å². The van der Waals surface area contributed by atoms with Crippen molar-refractivity contribution in [2.75, 3.05) is 33.9 Å². The van der Waals surface area contributed by atoms with Crippen LogP contribution in [0.2, 0.25) is 0 Å². The Balaban J connectivity index is 2.26. The largest absolute Gasteiger partial charge is 0.496 e. The standard InChI is InChI=1S/C18H23NO2/c1-14(13-19-10-11-20-2)12-17-16-7-5-4-6-15(16)8-9-18(17)21-3/h4-9,12,19H,10-11,13H2,1-3H3. The number of benzene rings is 2. The number of methoxy groups -OCH3 is 2. The smallest absolute Gasteiger partial charge is 0.126 e. The molecule has 0 aliphatic carbocycles. The van der Waals surface area contributed by atoms with Gasteiger partial charge in [-0.05, 0) is 23.8 Å². The van der Waals surface area contributed by atoms with E-state index in [4.69, 9.17) is 9.47 Å². The van der Waals surface area contributed by atoms with Crippen molar-refractivity contribution in [2.45, 2.75) is 6.92 Å². The second-order valence-electron chi connectivity index (χ2n) is 5.06. The second kappa shape index (κ2) is 7.81.